The summed E-state index contributed by atoms with van der Waals surface area (Å²) in [6.07, 6.45) is 3.09. The quantitative estimate of drug-likeness (QED) is 0.767. The summed E-state index contributed by atoms with van der Waals surface area (Å²) >= 11 is 0. The van der Waals surface area contributed by atoms with Crippen LogP contribution in [-0.4, -0.2) is 15.1 Å². The highest BCUT2D eigenvalue weighted by Gasteiger charge is 2.04. The number of aromatic hydroxyl groups is 1. The van der Waals surface area contributed by atoms with Crippen molar-refractivity contribution in [2.24, 2.45) is 0 Å². The summed E-state index contributed by atoms with van der Waals surface area (Å²) in [6.45, 7) is 2.37. The molecule has 2 N–H and O–H groups in total. The predicted molar refractivity (Wildman–Crippen MR) is 79.9 cm³/mol. The molecule has 0 aliphatic heterocycles. The van der Waals surface area contributed by atoms with Gasteiger partial charge in [0.25, 0.3) is 0 Å². The van der Waals surface area contributed by atoms with Crippen molar-refractivity contribution in [1.29, 1.82) is 0 Å². The summed E-state index contributed by atoms with van der Waals surface area (Å²) in [5.41, 5.74) is 3.43. The molecular weight excluding hydrogens is 266 g/mol. The molecule has 3 rings (SSSR count). The van der Waals surface area contributed by atoms with E-state index < -0.39 is 0 Å². The minimum Gasteiger partial charge on any atom is -0.506 e. The van der Waals surface area contributed by atoms with E-state index in [0.717, 1.165) is 22.7 Å². The van der Waals surface area contributed by atoms with Gasteiger partial charge >= 0.3 is 0 Å². The van der Waals surface area contributed by atoms with Crippen molar-refractivity contribution in [3.05, 3.63) is 60.4 Å². The Hall–Kier alpha value is -2.82. The zero-order valence-electron chi connectivity index (χ0n) is 11.6. The van der Waals surface area contributed by atoms with E-state index >= 15 is 0 Å². The molecule has 0 saturated heterocycles. The fraction of sp³-hybridized carbons (Fsp3) is 0.125. The van der Waals surface area contributed by atoms with Crippen LogP contribution in [0.2, 0.25) is 0 Å². The number of nitrogens with one attached hydrogen (secondary N) is 1. The predicted octanol–water partition coefficient (Wildman–Crippen LogP) is 3.36. The molecule has 0 aliphatic rings. The molecule has 3 aromatic rings. The van der Waals surface area contributed by atoms with E-state index in [2.05, 4.69) is 15.3 Å². The van der Waals surface area contributed by atoms with Gasteiger partial charge in [-0.2, -0.15) is 0 Å². The highest BCUT2D eigenvalue weighted by atomic mass is 16.3. The number of aromatic nitrogens is 2. The molecule has 2 heterocycles. The third-order valence-electron chi connectivity index (χ3n) is 3.15. The molecule has 0 fully saturated rings. The van der Waals surface area contributed by atoms with Crippen LogP contribution in [0.3, 0.4) is 0 Å². The molecule has 0 saturated carbocycles. The largest absolute Gasteiger partial charge is 0.506 e. The second-order valence-electron chi connectivity index (χ2n) is 4.72. The van der Waals surface area contributed by atoms with Crippen LogP contribution in [-0.2, 0) is 6.54 Å². The Morgan fingerprint density at radius 3 is 2.67 bits per heavy atom. The third-order valence-corrected chi connectivity index (χ3v) is 3.15. The molecular formula is C16H15N3O2. The molecule has 5 heteroatoms. The second kappa shape index (κ2) is 5.66. The lowest BCUT2D eigenvalue weighted by molar-refractivity contribution is 0.464. The lowest BCUT2D eigenvalue weighted by Crippen LogP contribution is -2.02. The van der Waals surface area contributed by atoms with Crippen LogP contribution in [0.1, 0.15) is 11.4 Å². The van der Waals surface area contributed by atoms with Crippen LogP contribution < -0.4 is 5.32 Å². The summed E-state index contributed by atoms with van der Waals surface area (Å²) < 4.78 is 5.24. The van der Waals surface area contributed by atoms with Crippen LogP contribution in [0.15, 0.2) is 53.4 Å². The maximum atomic E-state index is 9.76. The van der Waals surface area contributed by atoms with Crippen LogP contribution in [0, 0.1) is 6.92 Å². The van der Waals surface area contributed by atoms with E-state index in [0.29, 0.717) is 12.2 Å². The van der Waals surface area contributed by atoms with Gasteiger partial charge in [0.05, 0.1) is 12.7 Å². The van der Waals surface area contributed by atoms with E-state index in [4.69, 9.17) is 4.42 Å². The molecule has 0 amide bonds. The first-order valence-electron chi connectivity index (χ1n) is 6.60. The van der Waals surface area contributed by atoms with Gasteiger partial charge in [-0.1, -0.05) is 0 Å². The summed E-state index contributed by atoms with van der Waals surface area (Å²) in [6, 6.07) is 11.2. The van der Waals surface area contributed by atoms with Gasteiger partial charge in [0.1, 0.15) is 11.4 Å². The molecule has 106 valence electrons. The van der Waals surface area contributed by atoms with Crippen LogP contribution >= 0.6 is 0 Å². The van der Waals surface area contributed by atoms with Gasteiger partial charge in [-0.15, -0.1) is 0 Å². The van der Waals surface area contributed by atoms with Gasteiger partial charge < -0.3 is 14.8 Å². The number of hydrogen-bond acceptors (Lipinski definition) is 5. The first-order valence-corrected chi connectivity index (χ1v) is 6.60. The summed E-state index contributed by atoms with van der Waals surface area (Å²) in [7, 11) is 0. The lowest BCUT2D eigenvalue weighted by Gasteiger charge is -2.08. The van der Waals surface area contributed by atoms with Crippen molar-refractivity contribution in [3.8, 4) is 17.1 Å². The maximum absolute atomic E-state index is 9.76. The number of benzene rings is 1. The smallest absolute Gasteiger partial charge is 0.181 e. The average Bonchev–Trinajstić information content (AvgIpc) is 3.03. The minimum atomic E-state index is 0.200. The van der Waals surface area contributed by atoms with E-state index in [1.165, 1.54) is 6.39 Å². The number of oxazole rings is 1. The Kier molecular flexibility index (Phi) is 3.55. The van der Waals surface area contributed by atoms with E-state index in [1.54, 1.807) is 18.3 Å². The molecule has 0 spiro atoms. The highest BCUT2D eigenvalue weighted by molar-refractivity contribution is 5.60. The number of pyridine rings is 1. The van der Waals surface area contributed by atoms with Crippen molar-refractivity contribution in [3.63, 3.8) is 0 Å². The Morgan fingerprint density at radius 1 is 1.14 bits per heavy atom. The highest BCUT2D eigenvalue weighted by Crippen LogP contribution is 2.22. The van der Waals surface area contributed by atoms with E-state index in [9.17, 15) is 5.11 Å². The van der Waals surface area contributed by atoms with Crippen LogP contribution in [0.25, 0.3) is 11.3 Å². The number of nitrogens with zero attached hydrogens (tertiary/aromatic N) is 2. The Morgan fingerprint density at radius 2 is 1.95 bits per heavy atom. The lowest BCUT2D eigenvalue weighted by atomic mass is 10.1. The number of anilines is 1. The molecule has 2 aromatic heterocycles. The van der Waals surface area contributed by atoms with E-state index in [1.807, 2.05) is 31.2 Å². The molecule has 0 bridgehead atoms. The van der Waals surface area contributed by atoms with Crippen LogP contribution in [0.4, 0.5) is 5.69 Å². The molecule has 0 radical (unpaired) electrons. The van der Waals surface area contributed by atoms with Crippen molar-refractivity contribution >= 4 is 5.69 Å². The van der Waals surface area contributed by atoms with Gasteiger partial charge in [-0.05, 0) is 43.3 Å². The third kappa shape index (κ3) is 3.02. The monoisotopic (exact) mass is 281 g/mol. The van der Waals surface area contributed by atoms with Gasteiger partial charge in [0.2, 0.25) is 0 Å². The maximum Gasteiger partial charge on any atom is 0.181 e. The number of rotatable bonds is 4. The van der Waals surface area contributed by atoms with Crippen molar-refractivity contribution in [2.75, 3.05) is 5.32 Å². The first-order chi connectivity index (χ1) is 10.2. The van der Waals surface area contributed by atoms with Crippen molar-refractivity contribution in [1.82, 2.24) is 9.97 Å². The molecule has 5 nitrogen and oxygen atoms in total. The molecule has 0 unspecified atom stereocenters. The molecule has 0 atom stereocenters. The Bertz CT molecular complexity index is 722. The van der Waals surface area contributed by atoms with Gasteiger partial charge in [-0.25, -0.2) is 4.98 Å². The van der Waals surface area contributed by atoms with Crippen molar-refractivity contribution in [2.45, 2.75) is 13.5 Å². The molecule has 1 aromatic carbocycles. The van der Waals surface area contributed by atoms with Gasteiger partial charge in [-0.3, -0.25) is 4.98 Å². The van der Waals surface area contributed by atoms with E-state index in [-0.39, 0.29) is 5.75 Å². The normalized spacial score (nSPS) is 10.5. The SMILES string of the molecule is Cc1ccc(O)c(CNc2ccc(-c3cnco3)cc2)n1. The van der Waals surface area contributed by atoms with Gasteiger partial charge in [0, 0.05) is 16.9 Å². The van der Waals surface area contributed by atoms with Crippen molar-refractivity contribution < 1.29 is 9.52 Å². The Balaban J connectivity index is 1.70. The summed E-state index contributed by atoms with van der Waals surface area (Å²) in [4.78, 5) is 8.21. The molecule has 0 aliphatic carbocycles. The second-order valence-corrected chi connectivity index (χ2v) is 4.72. The minimum absolute atomic E-state index is 0.200. The summed E-state index contributed by atoms with van der Waals surface area (Å²) in [5.74, 6) is 0.936. The van der Waals surface area contributed by atoms with Crippen LogP contribution in [0.5, 0.6) is 5.75 Å². The summed E-state index contributed by atoms with van der Waals surface area (Å²) in [5, 5.41) is 13.0. The fourth-order valence-electron chi connectivity index (χ4n) is 2.03. The number of aryl methyl sites for hydroxylation is 1. The Labute approximate surface area is 122 Å². The van der Waals surface area contributed by atoms with Gasteiger partial charge in [0.15, 0.2) is 12.2 Å². The topological polar surface area (TPSA) is 71.2 Å². The number of hydrogen-bond donors (Lipinski definition) is 2. The molecule has 21 heavy (non-hydrogen) atoms. The first kappa shape index (κ1) is 13.2. The fourth-order valence-corrected chi connectivity index (χ4v) is 2.03. The zero-order valence-corrected chi connectivity index (χ0v) is 11.6. The average molecular weight is 281 g/mol. The standard InChI is InChI=1S/C16H15N3O2/c1-11-2-7-15(20)14(19-11)8-18-13-5-3-12(4-6-13)16-9-17-10-21-16/h2-7,9-10,18,20H,8H2,1H3. The zero-order chi connectivity index (χ0) is 14.7.